The topological polar surface area (TPSA) is 70.3 Å². The predicted octanol–water partition coefficient (Wildman–Crippen LogP) is 2.83. The van der Waals surface area contributed by atoms with Crippen LogP contribution in [0.25, 0.3) is 0 Å². The second kappa shape index (κ2) is 5.95. The van der Waals surface area contributed by atoms with E-state index in [0.717, 1.165) is 24.2 Å². The van der Waals surface area contributed by atoms with Crippen molar-refractivity contribution in [3.8, 4) is 5.88 Å². The normalized spacial score (nSPS) is 26.8. The largest absolute Gasteiger partial charge is 0.474 e. The average molecular weight is 279 g/mol. The Balaban J connectivity index is 2.20. The Bertz CT molecular complexity index is 466. The summed E-state index contributed by atoms with van der Waals surface area (Å²) in [6.07, 6.45) is 2.32. The molecule has 1 aromatic heterocycles. The van der Waals surface area contributed by atoms with Gasteiger partial charge in [0.25, 0.3) is 0 Å². The van der Waals surface area contributed by atoms with Crippen molar-refractivity contribution < 1.29 is 9.47 Å². The zero-order valence-corrected chi connectivity index (χ0v) is 13.0. The quantitative estimate of drug-likeness (QED) is 0.921. The summed E-state index contributed by atoms with van der Waals surface area (Å²) in [6, 6.07) is 0. The molecule has 0 aromatic carbocycles. The fourth-order valence-corrected chi connectivity index (χ4v) is 2.50. The summed E-state index contributed by atoms with van der Waals surface area (Å²) < 4.78 is 11.8. The molecule has 2 rings (SSSR count). The third-order valence-electron chi connectivity index (χ3n) is 3.61. The smallest absolute Gasteiger partial charge is 0.222 e. The van der Waals surface area contributed by atoms with E-state index in [-0.39, 0.29) is 24.2 Å². The highest BCUT2D eigenvalue weighted by Gasteiger charge is 2.27. The van der Waals surface area contributed by atoms with Crippen molar-refractivity contribution in [1.29, 1.82) is 0 Å². The maximum absolute atomic E-state index is 6.09. The van der Waals surface area contributed by atoms with Gasteiger partial charge in [-0.25, -0.2) is 4.98 Å². The Hall–Kier alpha value is -1.36. The molecule has 1 aliphatic rings. The van der Waals surface area contributed by atoms with E-state index in [4.69, 9.17) is 15.2 Å². The van der Waals surface area contributed by atoms with Gasteiger partial charge in [0.1, 0.15) is 17.7 Å². The van der Waals surface area contributed by atoms with E-state index in [9.17, 15) is 0 Å². The zero-order valence-electron chi connectivity index (χ0n) is 13.0. The molecule has 2 N–H and O–H groups in total. The van der Waals surface area contributed by atoms with E-state index in [2.05, 4.69) is 23.8 Å². The molecular formula is C15H25N3O2. The summed E-state index contributed by atoms with van der Waals surface area (Å²) in [4.78, 5) is 8.84. The van der Waals surface area contributed by atoms with Gasteiger partial charge in [-0.1, -0.05) is 13.8 Å². The number of nitrogens with zero attached hydrogens (tertiary/aromatic N) is 2. The molecule has 0 aliphatic carbocycles. The van der Waals surface area contributed by atoms with E-state index < -0.39 is 0 Å². The molecule has 1 aromatic rings. The lowest BCUT2D eigenvalue weighted by Gasteiger charge is -2.32. The number of nitrogen functional groups attached to an aromatic ring is 1. The molecule has 0 bridgehead atoms. The summed E-state index contributed by atoms with van der Waals surface area (Å²) in [6.45, 7) is 10.2. The molecule has 0 amide bonds. The summed E-state index contributed by atoms with van der Waals surface area (Å²) in [7, 11) is 0. The fraction of sp³-hybridized carbons (Fsp3) is 0.733. The molecule has 1 fully saturated rings. The molecule has 5 heteroatoms. The van der Waals surface area contributed by atoms with Crippen LogP contribution in [0, 0.1) is 6.92 Å². The first-order chi connectivity index (χ1) is 9.36. The van der Waals surface area contributed by atoms with Crippen molar-refractivity contribution in [2.75, 3.05) is 5.73 Å². The van der Waals surface area contributed by atoms with E-state index in [0.29, 0.717) is 11.7 Å². The third kappa shape index (κ3) is 3.39. The molecule has 20 heavy (non-hydrogen) atoms. The minimum atomic E-state index is 0.127. The molecule has 2 heterocycles. The first-order valence-electron chi connectivity index (χ1n) is 7.33. The number of hydrogen-bond donors (Lipinski definition) is 1. The van der Waals surface area contributed by atoms with Crippen LogP contribution in [0.2, 0.25) is 0 Å². The standard InChI is InChI=1S/C15H25N3O2/c1-8(2)14-17-13(16)11(5)15(18-14)20-12-6-9(3)19-10(4)7-12/h8-10,12H,6-7H2,1-5H3,(H2,16,17,18). The van der Waals surface area contributed by atoms with Gasteiger partial charge in [-0.3, -0.25) is 0 Å². The van der Waals surface area contributed by atoms with Gasteiger partial charge in [0.15, 0.2) is 0 Å². The molecular weight excluding hydrogens is 254 g/mol. The molecule has 112 valence electrons. The van der Waals surface area contributed by atoms with Gasteiger partial charge in [-0.2, -0.15) is 4.98 Å². The number of ether oxygens (including phenoxy) is 2. The van der Waals surface area contributed by atoms with Crippen LogP contribution >= 0.6 is 0 Å². The Morgan fingerprint density at radius 2 is 1.80 bits per heavy atom. The van der Waals surface area contributed by atoms with E-state index >= 15 is 0 Å². The third-order valence-corrected chi connectivity index (χ3v) is 3.61. The van der Waals surface area contributed by atoms with Crippen LogP contribution in [0.3, 0.4) is 0 Å². The first kappa shape index (κ1) is 15.0. The molecule has 0 saturated carbocycles. The summed E-state index contributed by atoms with van der Waals surface area (Å²) in [5.41, 5.74) is 6.78. The van der Waals surface area contributed by atoms with Gasteiger partial charge >= 0.3 is 0 Å². The second-order valence-electron chi connectivity index (χ2n) is 6.02. The van der Waals surface area contributed by atoms with Crippen molar-refractivity contribution in [2.24, 2.45) is 0 Å². The Morgan fingerprint density at radius 3 is 2.35 bits per heavy atom. The molecule has 0 radical (unpaired) electrons. The second-order valence-corrected chi connectivity index (χ2v) is 6.02. The van der Waals surface area contributed by atoms with Gasteiger partial charge in [-0.15, -0.1) is 0 Å². The van der Waals surface area contributed by atoms with Crippen LogP contribution in [0.1, 0.15) is 57.8 Å². The average Bonchev–Trinajstić information content (AvgIpc) is 2.33. The van der Waals surface area contributed by atoms with Crippen LogP contribution < -0.4 is 10.5 Å². The van der Waals surface area contributed by atoms with Crippen molar-refractivity contribution in [3.63, 3.8) is 0 Å². The highest BCUT2D eigenvalue weighted by molar-refractivity contribution is 5.44. The maximum atomic E-state index is 6.09. The van der Waals surface area contributed by atoms with Gasteiger partial charge in [0, 0.05) is 18.8 Å². The number of nitrogens with two attached hydrogens (primary N) is 1. The molecule has 5 nitrogen and oxygen atoms in total. The van der Waals surface area contributed by atoms with Crippen molar-refractivity contribution in [3.05, 3.63) is 11.4 Å². The highest BCUT2D eigenvalue weighted by Crippen LogP contribution is 2.28. The zero-order chi connectivity index (χ0) is 14.9. The number of hydrogen-bond acceptors (Lipinski definition) is 5. The number of aromatic nitrogens is 2. The van der Waals surface area contributed by atoms with Crippen molar-refractivity contribution >= 4 is 5.82 Å². The Morgan fingerprint density at radius 1 is 1.20 bits per heavy atom. The van der Waals surface area contributed by atoms with Gasteiger partial charge in [-0.05, 0) is 20.8 Å². The summed E-state index contributed by atoms with van der Waals surface area (Å²) in [5, 5.41) is 0. The number of rotatable bonds is 3. The van der Waals surface area contributed by atoms with Gasteiger partial charge in [0.05, 0.1) is 17.8 Å². The van der Waals surface area contributed by atoms with Crippen molar-refractivity contribution in [1.82, 2.24) is 9.97 Å². The van der Waals surface area contributed by atoms with Gasteiger partial charge < -0.3 is 15.2 Å². The monoisotopic (exact) mass is 279 g/mol. The Labute approximate surface area is 120 Å². The summed E-state index contributed by atoms with van der Waals surface area (Å²) >= 11 is 0. The van der Waals surface area contributed by atoms with Gasteiger partial charge in [0.2, 0.25) is 5.88 Å². The van der Waals surface area contributed by atoms with Crippen LogP contribution in [-0.4, -0.2) is 28.3 Å². The number of anilines is 1. The lowest BCUT2D eigenvalue weighted by molar-refractivity contribution is -0.0731. The predicted molar refractivity (Wildman–Crippen MR) is 78.9 cm³/mol. The molecule has 2 atom stereocenters. The van der Waals surface area contributed by atoms with Crippen LogP contribution in [0.5, 0.6) is 5.88 Å². The van der Waals surface area contributed by atoms with E-state index in [1.54, 1.807) is 0 Å². The maximum Gasteiger partial charge on any atom is 0.222 e. The van der Waals surface area contributed by atoms with Crippen molar-refractivity contribution in [2.45, 2.75) is 71.7 Å². The lowest BCUT2D eigenvalue weighted by atomic mass is 10.0. The van der Waals surface area contributed by atoms with Crippen LogP contribution in [0.4, 0.5) is 5.82 Å². The molecule has 2 unspecified atom stereocenters. The summed E-state index contributed by atoms with van der Waals surface area (Å²) in [5.74, 6) is 2.09. The van der Waals surface area contributed by atoms with E-state index in [1.165, 1.54) is 0 Å². The lowest BCUT2D eigenvalue weighted by Crippen LogP contribution is -2.36. The molecule has 0 spiro atoms. The first-order valence-corrected chi connectivity index (χ1v) is 7.33. The van der Waals surface area contributed by atoms with Crippen LogP contribution in [0.15, 0.2) is 0 Å². The minimum absolute atomic E-state index is 0.127. The van der Waals surface area contributed by atoms with E-state index in [1.807, 2.05) is 20.8 Å². The molecule has 1 aliphatic heterocycles. The highest BCUT2D eigenvalue weighted by atomic mass is 16.5. The fourth-order valence-electron chi connectivity index (χ4n) is 2.50. The van der Waals surface area contributed by atoms with Crippen LogP contribution in [-0.2, 0) is 4.74 Å². The Kier molecular flexibility index (Phi) is 4.48. The minimum Gasteiger partial charge on any atom is -0.474 e. The SMILES string of the molecule is Cc1c(N)nc(C(C)C)nc1OC1CC(C)OC(C)C1. The molecule has 1 saturated heterocycles.